The van der Waals surface area contributed by atoms with Gasteiger partial charge in [0, 0.05) is 27.2 Å². The number of nitrogens with one attached hydrogen (secondary N) is 4. The standard InChI is InChI=1S/C90H162N4O38/c1-6-8-10-12-14-16-18-20-21-22-23-24-25-26-27-29-31-33-35-37-39-41-62(105)94-53(54(104)40-38-36-34-32-30-28-19-17-15-13-11-9-7-2)48-119-87-75(115)73(113)81(59(46-99)125-87)130-90-78(118)83(132-89-77(117)82(68(108)57(44-97)123-89)131-86-64(92-51(4)102)71(111)67(107)56(43-96)122-86)69(109)61(127-90)49-120-84-65(93-52(5)103)72(112)79(58(45-98)124-84)129-88-76(116)74(114)80(60(47-100)126-88)128-85-63(91-50(3)101)70(110)66(106)55(42-95)121-85/h38,40,53-61,63-90,95-100,104,106-118H,6-37,39,41-49H2,1-5H3,(H,91,101)(H,92,102)(H,93,103)(H,94,105)/b40-38+/t53-,54+,55?,56?,57?,58?,59?,60?,61?,63?,64?,65?,66-,67-,68-,69-,70+,71+,72+,73+,74+,75?,76?,77?,78?,79+,80-,81+,82-,83-,84+,85-,86-,87+,88-,89+,90-/m0/s1. The van der Waals surface area contributed by atoms with Crippen molar-refractivity contribution in [3.05, 3.63) is 12.2 Å². The third kappa shape index (κ3) is 35.5. The number of allylic oxidation sites excluding steroid dienone is 1. The van der Waals surface area contributed by atoms with Crippen LogP contribution in [0.1, 0.15) is 253 Å². The van der Waals surface area contributed by atoms with Gasteiger partial charge in [0.1, 0.15) is 171 Å². The molecule has 37 atom stereocenters. The molecule has 7 rings (SSSR count). The van der Waals surface area contributed by atoms with E-state index in [1.54, 1.807) is 6.08 Å². The minimum Gasteiger partial charge on any atom is -0.394 e. The number of rotatable bonds is 62. The van der Waals surface area contributed by atoms with Crippen molar-refractivity contribution in [1.29, 1.82) is 0 Å². The monoisotopic (exact) mass is 1910 g/mol. The molecule has 4 amide bonds. The number of hydrogen-bond donors (Lipinski definition) is 24. The molecule has 7 saturated heterocycles. The zero-order valence-corrected chi connectivity index (χ0v) is 77.5. The smallest absolute Gasteiger partial charge is 0.220 e. The summed E-state index contributed by atoms with van der Waals surface area (Å²) in [7, 11) is 0. The Morgan fingerprint density at radius 2 is 0.598 bits per heavy atom. The van der Waals surface area contributed by atoms with Crippen molar-refractivity contribution in [2.45, 2.75) is 480 Å². The normalized spacial score (nSPS) is 36.8. The van der Waals surface area contributed by atoms with Crippen LogP contribution in [-0.2, 0) is 85.5 Å². The minimum absolute atomic E-state index is 0.125. The second-order valence-electron chi connectivity index (χ2n) is 36.4. The molecule has 0 aromatic rings. The third-order valence-electron chi connectivity index (χ3n) is 25.7. The Balaban J connectivity index is 1.06. The Morgan fingerprint density at radius 3 is 1.00 bits per heavy atom. The SMILES string of the molecule is CCCCCCCCCCCCC/C=C/[C@@H](O)[C@H](CO[C@@H]1OC(CO)[C@@H](O[C@@H]2OC(CO[C@@H]3OC(CO)[C@@H](O[C@@H]4OC(CO)[C@H](O[C@@H]5OC(CO)[C@H](O)[C@H](O)C5NC(C)=O)[C@H](O)C4O)[C@H](O)C3NC(C)=O)[C@H](O)[C@H](O[C@H]3OC(CO)[C@H](O)[C@H](O[C@@H]4OC(CO)[C@H](O)[C@H](O)C4NC(C)=O)C3O)C2O)[C@H](O)C1O)NC(=O)CCCCCCCCCCCCCCCCCCCCCCC. The van der Waals surface area contributed by atoms with Gasteiger partial charge in [0.2, 0.25) is 23.6 Å². The molecule has 0 aliphatic carbocycles. The molecular formula is C90H162N4O38. The summed E-state index contributed by atoms with van der Waals surface area (Å²) >= 11 is 0. The molecule has 42 heteroatoms. The molecule has 0 spiro atoms. The van der Waals surface area contributed by atoms with Gasteiger partial charge in [-0.15, -0.1) is 0 Å². The molecule has 132 heavy (non-hydrogen) atoms. The molecule has 0 radical (unpaired) electrons. The average Bonchev–Trinajstić information content (AvgIpc) is 0.766. The molecule has 42 nitrogen and oxygen atoms in total. The van der Waals surface area contributed by atoms with E-state index in [1.165, 1.54) is 135 Å². The van der Waals surface area contributed by atoms with Crippen LogP contribution in [0.15, 0.2) is 12.2 Å². The zero-order chi connectivity index (χ0) is 96.5. The highest BCUT2D eigenvalue weighted by atomic mass is 16.8. The van der Waals surface area contributed by atoms with Crippen LogP contribution in [0.3, 0.4) is 0 Å². The van der Waals surface area contributed by atoms with E-state index in [4.69, 9.17) is 66.3 Å². The molecule has 7 aliphatic heterocycles. The van der Waals surface area contributed by atoms with Gasteiger partial charge >= 0.3 is 0 Å². The topological polar surface area (TPSA) is 650 Å². The van der Waals surface area contributed by atoms with E-state index in [0.717, 1.165) is 85.0 Å². The fraction of sp³-hybridized carbons (Fsp3) is 0.933. The first kappa shape index (κ1) is 115. The van der Waals surface area contributed by atoms with Crippen LogP contribution in [0.2, 0.25) is 0 Å². The Bertz CT molecular complexity index is 3170. The predicted molar refractivity (Wildman–Crippen MR) is 466 cm³/mol. The molecular weight excluding hydrogens is 1740 g/mol. The van der Waals surface area contributed by atoms with Crippen molar-refractivity contribution in [2.24, 2.45) is 0 Å². The van der Waals surface area contributed by atoms with E-state index in [-0.39, 0.29) is 12.3 Å². The number of carbonyl (C=O) groups excluding carboxylic acids is 4. The van der Waals surface area contributed by atoms with E-state index >= 15 is 0 Å². The van der Waals surface area contributed by atoms with Crippen molar-refractivity contribution in [3.63, 3.8) is 0 Å². The summed E-state index contributed by atoms with van der Waals surface area (Å²) in [5.41, 5.74) is 0. The van der Waals surface area contributed by atoms with Crippen LogP contribution in [0.5, 0.6) is 0 Å². The minimum atomic E-state index is -2.39. The maximum absolute atomic E-state index is 13.8. The molecule has 0 aromatic heterocycles. The molecule has 0 saturated carbocycles. The summed E-state index contributed by atoms with van der Waals surface area (Å²) in [4.78, 5) is 51.5. The van der Waals surface area contributed by atoms with E-state index in [2.05, 4.69) is 35.1 Å². The maximum atomic E-state index is 13.8. The highest BCUT2D eigenvalue weighted by Crippen LogP contribution is 2.39. The molecule has 7 heterocycles. The van der Waals surface area contributed by atoms with E-state index < -0.39 is 297 Å². The van der Waals surface area contributed by atoms with E-state index in [1.807, 2.05) is 6.08 Å². The number of amides is 4. The lowest BCUT2D eigenvalue weighted by molar-refractivity contribution is -0.391. The quantitative estimate of drug-likeness (QED) is 0.0229. The second-order valence-corrected chi connectivity index (χ2v) is 36.4. The molecule has 14 unspecified atom stereocenters. The summed E-state index contributed by atoms with van der Waals surface area (Å²) < 4.78 is 83.8. The Labute approximate surface area is 774 Å². The number of carbonyl (C=O) groups is 4. The van der Waals surface area contributed by atoms with Crippen LogP contribution in [-0.4, -0.2) is 406 Å². The summed E-state index contributed by atoms with van der Waals surface area (Å²) in [6.07, 6.45) is -22.9. The van der Waals surface area contributed by atoms with Crippen LogP contribution >= 0.6 is 0 Å². The predicted octanol–water partition coefficient (Wildman–Crippen LogP) is -2.12. The van der Waals surface area contributed by atoms with Gasteiger partial charge in [0.15, 0.2) is 44.0 Å². The Hall–Kier alpha value is -3.74. The lowest BCUT2D eigenvalue weighted by Gasteiger charge is -2.50. The number of aliphatic hydroxyl groups is 20. The summed E-state index contributed by atoms with van der Waals surface area (Å²) in [6, 6.07) is -6.21. The first-order chi connectivity index (χ1) is 63.4. The fourth-order valence-corrected chi connectivity index (χ4v) is 18.0. The molecule has 7 aliphatic rings. The van der Waals surface area contributed by atoms with Crippen molar-refractivity contribution in [2.75, 3.05) is 52.9 Å². The van der Waals surface area contributed by atoms with Crippen molar-refractivity contribution < 1.29 is 188 Å². The van der Waals surface area contributed by atoms with E-state index in [9.17, 15) is 121 Å². The molecule has 0 bridgehead atoms. The van der Waals surface area contributed by atoms with Gasteiger partial charge in [0.05, 0.1) is 65.0 Å². The van der Waals surface area contributed by atoms with Gasteiger partial charge in [-0.2, -0.15) is 0 Å². The van der Waals surface area contributed by atoms with Gasteiger partial charge in [-0.25, -0.2) is 0 Å². The number of unbranched alkanes of at least 4 members (excludes halogenated alkanes) is 31. The fourth-order valence-electron chi connectivity index (χ4n) is 18.0. The van der Waals surface area contributed by atoms with E-state index in [0.29, 0.717) is 12.8 Å². The molecule has 7 fully saturated rings. The van der Waals surface area contributed by atoms with Crippen LogP contribution < -0.4 is 21.3 Å². The summed E-state index contributed by atoms with van der Waals surface area (Å²) in [6.45, 7) is -0.0623. The molecule has 770 valence electrons. The molecule has 24 N–H and O–H groups in total. The first-order valence-electron chi connectivity index (χ1n) is 48.5. The van der Waals surface area contributed by atoms with Crippen molar-refractivity contribution >= 4 is 23.6 Å². The lowest BCUT2D eigenvalue weighted by atomic mass is 9.94. The highest BCUT2D eigenvalue weighted by molar-refractivity contribution is 5.76. The number of ether oxygens (including phenoxy) is 14. The lowest BCUT2D eigenvalue weighted by Crippen LogP contribution is -2.69. The zero-order valence-electron chi connectivity index (χ0n) is 77.5. The highest BCUT2D eigenvalue weighted by Gasteiger charge is 2.59. The second kappa shape index (κ2) is 61.7. The van der Waals surface area contributed by atoms with Gasteiger partial charge in [0.25, 0.3) is 0 Å². The number of hydrogen-bond acceptors (Lipinski definition) is 38. The van der Waals surface area contributed by atoms with Gasteiger partial charge in [-0.1, -0.05) is 219 Å². The van der Waals surface area contributed by atoms with Crippen molar-refractivity contribution in [3.8, 4) is 0 Å². The average molecular weight is 1910 g/mol. The largest absolute Gasteiger partial charge is 0.394 e. The van der Waals surface area contributed by atoms with Gasteiger partial charge < -0.3 is 190 Å². The first-order valence-corrected chi connectivity index (χ1v) is 48.5. The summed E-state index contributed by atoms with van der Waals surface area (Å²) in [5, 5.41) is 237. The van der Waals surface area contributed by atoms with Crippen LogP contribution in [0.4, 0.5) is 0 Å². The third-order valence-corrected chi connectivity index (χ3v) is 25.7. The summed E-state index contributed by atoms with van der Waals surface area (Å²) in [5.74, 6) is -2.81. The van der Waals surface area contributed by atoms with Crippen LogP contribution in [0.25, 0.3) is 0 Å². The maximum Gasteiger partial charge on any atom is 0.220 e. The number of aliphatic hydroxyl groups excluding tert-OH is 20. The van der Waals surface area contributed by atoms with Crippen LogP contribution in [0, 0.1) is 0 Å². The van der Waals surface area contributed by atoms with Gasteiger partial charge in [-0.05, 0) is 19.3 Å². The van der Waals surface area contributed by atoms with Crippen molar-refractivity contribution in [1.82, 2.24) is 21.3 Å². The Morgan fingerprint density at radius 1 is 0.303 bits per heavy atom. The van der Waals surface area contributed by atoms with Gasteiger partial charge in [-0.3, -0.25) is 19.2 Å². The Kier molecular flexibility index (Phi) is 53.9. The molecule has 0 aromatic carbocycles.